The van der Waals surface area contributed by atoms with Gasteiger partial charge in [-0.1, -0.05) is 13.8 Å². The lowest BCUT2D eigenvalue weighted by atomic mass is 10.2. The molecule has 0 aliphatic carbocycles. The second-order valence-corrected chi connectivity index (χ2v) is 9.25. The number of ether oxygens (including phenoxy) is 1. The Morgan fingerprint density at radius 2 is 2.15 bits per heavy atom. The summed E-state index contributed by atoms with van der Waals surface area (Å²) < 4.78 is 19.7. The zero-order valence-electron chi connectivity index (χ0n) is 19.1. The number of benzene rings is 1. The maximum absolute atomic E-state index is 14.0. The normalized spacial score (nSPS) is 22.4. The van der Waals surface area contributed by atoms with Crippen LogP contribution in [0.5, 0.6) is 5.75 Å². The van der Waals surface area contributed by atoms with E-state index in [0.29, 0.717) is 34.8 Å². The van der Waals surface area contributed by atoms with Crippen molar-refractivity contribution in [1.82, 2.24) is 20.2 Å². The van der Waals surface area contributed by atoms with E-state index in [4.69, 9.17) is 4.74 Å². The third-order valence-corrected chi connectivity index (χ3v) is 7.16. The van der Waals surface area contributed by atoms with Crippen molar-refractivity contribution in [2.75, 3.05) is 39.3 Å². The number of hydrogen-bond donors (Lipinski definition) is 1. The molecule has 0 unspecified atom stereocenters. The van der Waals surface area contributed by atoms with Crippen molar-refractivity contribution in [3.05, 3.63) is 34.5 Å². The summed E-state index contributed by atoms with van der Waals surface area (Å²) in [4.78, 5) is 33.8. The van der Waals surface area contributed by atoms with Crippen molar-refractivity contribution < 1.29 is 18.7 Å². The van der Waals surface area contributed by atoms with Gasteiger partial charge in [0, 0.05) is 37.8 Å². The second-order valence-electron chi connectivity index (χ2n) is 8.24. The molecule has 0 spiro atoms. The highest BCUT2D eigenvalue weighted by atomic mass is 32.2. The van der Waals surface area contributed by atoms with Crippen molar-refractivity contribution >= 4 is 35.0 Å². The van der Waals surface area contributed by atoms with Gasteiger partial charge in [0.2, 0.25) is 0 Å². The molecule has 1 aromatic rings. The van der Waals surface area contributed by atoms with E-state index in [1.54, 1.807) is 11.0 Å². The van der Waals surface area contributed by atoms with E-state index < -0.39 is 11.9 Å². The molecule has 1 aromatic carbocycles. The zero-order valence-corrected chi connectivity index (χ0v) is 19.9. The average Bonchev–Trinajstić information content (AvgIpc) is 3.45. The van der Waals surface area contributed by atoms with Crippen LogP contribution in [0.2, 0.25) is 0 Å². The molecular formula is C23H30FN5O3S. The Bertz CT molecular complexity index is 959. The average molecular weight is 476 g/mol. The number of carbonyl (C=O) groups is 2. The van der Waals surface area contributed by atoms with Crippen molar-refractivity contribution in [1.29, 1.82) is 0 Å². The van der Waals surface area contributed by atoms with Crippen LogP contribution in [0.3, 0.4) is 0 Å². The highest BCUT2D eigenvalue weighted by Gasteiger charge is 2.31. The number of carbonyl (C=O) groups excluding carboxylic acids is 2. The molecule has 2 saturated heterocycles. The van der Waals surface area contributed by atoms with Gasteiger partial charge >= 0.3 is 6.09 Å². The predicted molar refractivity (Wildman–Crippen MR) is 127 cm³/mol. The molecule has 0 aromatic heterocycles. The molecule has 0 saturated carbocycles. The lowest BCUT2D eigenvalue weighted by Gasteiger charge is -2.28. The Labute approximate surface area is 197 Å². The number of hydrogen-bond acceptors (Lipinski definition) is 7. The summed E-state index contributed by atoms with van der Waals surface area (Å²) in [6, 6.07) is 4.25. The van der Waals surface area contributed by atoms with Crippen LogP contribution in [0.1, 0.15) is 38.7 Å². The molecule has 8 nitrogen and oxygen atoms in total. The van der Waals surface area contributed by atoms with E-state index >= 15 is 0 Å². The highest BCUT2D eigenvalue weighted by molar-refractivity contribution is 8.18. The van der Waals surface area contributed by atoms with E-state index in [1.807, 2.05) is 5.01 Å². The molecular weight excluding hydrogens is 445 g/mol. The van der Waals surface area contributed by atoms with Gasteiger partial charge in [0.25, 0.3) is 5.91 Å². The van der Waals surface area contributed by atoms with Crippen LogP contribution in [0.15, 0.2) is 28.1 Å². The van der Waals surface area contributed by atoms with E-state index in [2.05, 4.69) is 29.2 Å². The van der Waals surface area contributed by atoms with Crippen LogP contribution in [-0.2, 0) is 4.79 Å². The first-order chi connectivity index (χ1) is 16.0. The minimum atomic E-state index is -0.473. The largest absolute Gasteiger partial charge is 0.415 e. The van der Waals surface area contributed by atoms with Gasteiger partial charge in [-0.15, -0.1) is 0 Å². The second kappa shape index (κ2) is 10.7. The molecule has 4 rings (SSSR count). The third kappa shape index (κ3) is 5.56. The fraction of sp³-hybridized carbons (Fsp3) is 0.522. The summed E-state index contributed by atoms with van der Waals surface area (Å²) in [7, 11) is 0. The zero-order chi connectivity index (χ0) is 23.4. The van der Waals surface area contributed by atoms with Gasteiger partial charge in [-0.25, -0.2) is 14.6 Å². The van der Waals surface area contributed by atoms with Crippen LogP contribution in [0.25, 0.3) is 6.08 Å². The standard InChI is InChI=1S/C23H30FN5O3S/c1-3-27(4-2)18-9-12-28(15-18)23(31)32-19-8-7-17(24)13-16(19)14-20-21(30)26-22(33-20)29-11-6-5-10-25-29/h7-8,13-14,18,25H,3-6,9-12,15H2,1-2H3/b20-14-/t18-/m0/s1. The van der Waals surface area contributed by atoms with Crippen LogP contribution in [-0.4, -0.2) is 77.3 Å². The van der Waals surface area contributed by atoms with Crippen LogP contribution >= 0.6 is 11.8 Å². The van der Waals surface area contributed by atoms with Crippen molar-refractivity contribution in [3.63, 3.8) is 0 Å². The number of halogens is 1. The topological polar surface area (TPSA) is 77.5 Å². The molecule has 33 heavy (non-hydrogen) atoms. The van der Waals surface area contributed by atoms with E-state index in [-0.39, 0.29) is 11.7 Å². The monoisotopic (exact) mass is 475 g/mol. The van der Waals surface area contributed by atoms with Crippen molar-refractivity contribution in [2.24, 2.45) is 4.99 Å². The smallest absolute Gasteiger partial charge is 0.410 e. The fourth-order valence-electron chi connectivity index (χ4n) is 4.34. The number of likely N-dealkylation sites (N-methyl/N-ethyl adjacent to an activating group) is 1. The number of aliphatic imine (C=N–C) groups is 1. The minimum absolute atomic E-state index is 0.220. The first-order valence-corrected chi connectivity index (χ1v) is 12.3. The third-order valence-electron chi connectivity index (χ3n) is 6.16. The maximum atomic E-state index is 14.0. The number of nitrogens with one attached hydrogen (secondary N) is 1. The minimum Gasteiger partial charge on any atom is -0.410 e. The molecule has 178 valence electrons. The Hall–Kier alpha value is -2.43. The molecule has 3 aliphatic rings. The maximum Gasteiger partial charge on any atom is 0.415 e. The lowest BCUT2D eigenvalue weighted by molar-refractivity contribution is -0.113. The number of rotatable bonds is 5. The number of likely N-dealkylation sites (tertiary alicyclic amines) is 1. The van der Waals surface area contributed by atoms with Gasteiger partial charge in [0.05, 0.1) is 4.91 Å². The van der Waals surface area contributed by atoms with Gasteiger partial charge < -0.3 is 9.64 Å². The first kappa shape index (κ1) is 23.7. The molecule has 0 radical (unpaired) electrons. The molecule has 2 amide bonds. The molecule has 3 heterocycles. The van der Waals surface area contributed by atoms with Crippen molar-refractivity contribution in [3.8, 4) is 5.75 Å². The van der Waals surface area contributed by atoms with Gasteiger partial charge in [0.1, 0.15) is 11.6 Å². The van der Waals surface area contributed by atoms with Gasteiger partial charge in [-0.2, -0.15) is 4.99 Å². The Morgan fingerprint density at radius 1 is 1.33 bits per heavy atom. The number of thioether (sulfide) groups is 1. The highest BCUT2D eigenvalue weighted by Crippen LogP contribution is 2.33. The molecule has 1 N–H and O–H groups in total. The van der Waals surface area contributed by atoms with E-state index in [1.165, 1.54) is 30.0 Å². The number of amides is 2. The summed E-state index contributed by atoms with van der Waals surface area (Å²) in [5.74, 6) is -0.637. The molecule has 1 atom stereocenters. The van der Waals surface area contributed by atoms with Crippen LogP contribution in [0.4, 0.5) is 9.18 Å². The Morgan fingerprint density at radius 3 is 2.88 bits per heavy atom. The SMILES string of the molecule is CCN(CC)[C@H]1CCN(C(=O)Oc2ccc(F)cc2/C=C2\SC(N3CCCCN3)=NC2=O)C1. The molecule has 2 fully saturated rings. The Kier molecular flexibility index (Phi) is 7.67. The summed E-state index contributed by atoms with van der Waals surface area (Å²) >= 11 is 1.23. The van der Waals surface area contributed by atoms with Crippen LogP contribution < -0.4 is 10.2 Å². The number of nitrogens with zero attached hydrogens (tertiary/aromatic N) is 4. The predicted octanol–water partition coefficient (Wildman–Crippen LogP) is 3.31. The van der Waals surface area contributed by atoms with E-state index in [0.717, 1.165) is 45.4 Å². The molecule has 3 aliphatic heterocycles. The summed E-state index contributed by atoms with van der Waals surface area (Å²) in [5, 5.41) is 2.46. The van der Waals surface area contributed by atoms with Gasteiger partial charge in [-0.05, 0) is 68.4 Å². The number of hydrazine groups is 1. The van der Waals surface area contributed by atoms with Gasteiger partial charge in [-0.3, -0.25) is 14.7 Å². The first-order valence-electron chi connectivity index (χ1n) is 11.5. The quantitative estimate of drug-likeness (QED) is 0.655. The van der Waals surface area contributed by atoms with E-state index in [9.17, 15) is 14.0 Å². The fourth-order valence-corrected chi connectivity index (χ4v) is 5.25. The number of amidine groups is 1. The molecule has 10 heteroatoms. The van der Waals surface area contributed by atoms with Crippen molar-refractivity contribution in [2.45, 2.75) is 39.2 Å². The summed E-state index contributed by atoms with van der Waals surface area (Å²) in [6.07, 6.45) is 4.08. The van der Waals surface area contributed by atoms with Crippen LogP contribution in [0, 0.1) is 5.82 Å². The van der Waals surface area contributed by atoms with Gasteiger partial charge in [0.15, 0.2) is 5.17 Å². The Balaban J connectivity index is 1.46. The lowest BCUT2D eigenvalue weighted by Crippen LogP contribution is -2.45. The molecule has 0 bridgehead atoms. The summed E-state index contributed by atoms with van der Waals surface area (Å²) in [6.45, 7) is 8.93. The summed E-state index contributed by atoms with van der Waals surface area (Å²) in [5.41, 5.74) is 3.56.